The molecular weight excluding hydrogens is 234 g/mol. The third-order valence-corrected chi connectivity index (χ3v) is 3.79. The second-order valence-electron chi connectivity index (χ2n) is 5.08. The summed E-state index contributed by atoms with van der Waals surface area (Å²) in [5.41, 5.74) is 5.15. The Bertz CT molecular complexity index is 339. The van der Waals surface area contributed by atoms with E-state index in [0.29, 0.717) is 26.0 Å². The summed E-state index contributed by atoms with van der Waals surface area (Å²) in [6.45, 7) is 1.37. The Balaban J connectivity index is 2.13. The quantitative estimate of drug-likeness (QED) is 0.678. The monoisotopic (exact) mass is 255 g/mol. The number of nitrogens with zero attached hydrogens (tertiary/aromatic N) is 1. The van der Waals surface area contributed by atoms with Crippen LogP contribution in [-0.2, 0) is 14.3 Å². The highest BCUT2D eigenvalue weighted by Crippen LogP contribution is 2.24. The van der Waals surface area contributed by atoms with Gasteiger partial charge in [0.2, 0.25) is 11.8 Å². The van der Waals surface area contributed by atoms with Crippen LogP contribution in [0.4, 0.5) is 0 Å². The fourth-order valence-corrected chi connectivity index (χ4v) is 2.65. The van der Waals surface area contributed by atoms with Crippen molar-refractivity contribution in [3.8, 4) is 0 Å². The fraction of sp³-hybridized carbons (Fsp3) is 0.833. The zero-order valence-corrected chi connectivity index (χ0v) is 10.8. The molecule has 3 N–H and O–H groups in total. The smallest absolute Gasteiger partial charge is 0.245 e. The molecule has 0 radical (unpaired) electrons. The first-order valence-corrected chi connectivity index (χ1v) is 6.48. The van der Waals surface area contributed by atoms with Gasteiger partial charge in [0.1, 0.15) is 11.6 Å². The van der Waals surface area contributed by atoms with Crippen molar-refractivity contribution in [3.05, 3.63) is 0 Å². The zero-order valence-electron chi connectivity index (χ0n) is 10.8. The fourth-order valence-electron chi connectivity index (χ4n) is 2.65. The van der Waals surface area contributed by atoms with E-state index < -0.39 is 5.54 Å². The average molecular weight is 255 g/mol. The van der Waals surface area contributed by atoms with Crippen LogP contribution in [0.25, 0.3) is 0 Å². The third kappa shape index (κ3) is 2.35. The van der Waals surface area contributed by atoms with E-state index in [0.717, 1.165) is 12.8 Å². The molecular formula is C12H21N3O3. The minimum atomic E-state index is -0.941. The van der Waals surface area contributed by atoms with Gasteiger partial charge in [-0.2, -0.15) is 0 Å². The summed E-state index contributed by atoms with van der Waals surface area (Å²) in [5, 5.41) is 2.62. The van der Waals surface area contributed by atoms with Gasteiger partial charge in [-0.05, 0) is 25.7 Å². The highest BCUT2D eigenvalue weighted by molar-refractivity contribution is 5.92. The lowest BCUT2D eigenvalue weighted by atomic mass is 9.93. The predicted molar refractivity (Wildman–Crippen MR) is 65.8 cm³/mol. The number of likely N-dealkylation sites (N-methyl/N-ethyl adjacent to an activating group) is 1. The van der Waals surface area contributed by atoms with Gasteiger partial charge in [-0.1, -0.05) is 0 Å². The van der Waals surface area contributed by atoms with Crippen molar-refractivity contribution < 1.29 is 14.3 Å². The molecule has 0 aromatic heterocycles. The minimum absolute atomic E-state index is 0.106. The maximum absolute atomic E-state index is 12.5. The maximum Gasteiger partial charge on any atom is 0.245 e. The van der Waals surface area contributed by atoms with Gasteiger partial charge in [0.05, 0.1) is 6.61 Å². The Morgan fingerprint density at radius 1 is 1.44 bits per heavy atom. The van der Waals surface area contributed by atoms with Crippen molar-refractivity contribution >= 4 is 11.8 Å². The summed E-state index contributed by atoms with van der Waals surface area (Å²) >= 11 is 0. The van der Waals surface area contributed by atoms with Crippen LogP contribution in [0.2, 0.25) is 0 Å². The second kappa shape index (κ2) is 5.24. The van der Waals surface area contributed by atoms with Gasteiger partial charge in [0, 0.05) is 20.2 Å². The van der Waals surface area contributed by atoms with Crippen molar-refractivity contribution in [1.29, 1.82) is 0 Å². The van der Waals surface area contributed by atoms with Gasteiger partial charge in [-0.3, -0.25) is 9.59 Å². The molecule has 2 amide bonds. The number of nitrogens with one attached hydrogen (secondary N) is 1. The van der Waals surface area contributed by atoms with Gasteiger partial charge >= 0.3 is 0 Å². The molecule has 18 heavy (non-hydrogen) atoms. The van der Waals surface area contributed by atoms with Crippen molar-refractivity contribution in [2.24, 2.45) is 5.73 Å². The Morgan fingerprint density at radius 3 is 2.83 bits per heavy atom. The van der Waals surface area contributed by atoms with E-state index in [1.165, 1.54) is 0 Å². The molecule has 2 fully saturated rings. The molecule has 0 aliphatic carbocycles. The SMILES string of the molecule is CNC(=O)C1CCCCN1C(=O)C1(N)CCOC1. The van der Waals surface area contributed by atoms with E-state index in [4.69, 9.17) is 10.5 Å². The number of amides is 2. The van der Waals surface area contributed by atoms with E-state index in [1.54, 1.807) is 11.9 Å². The molecule has 0 saturated carbocycles. The number of carbonyl (C=O) groups is 2. The third-order valence-electron chi connectivity index (χ3n) is 3.79. The van der Waals surface area contributed by atoms with E-state index >= 15 is 0 Å². The first kappa shape index (κ1) is 13.3. The first-order valence-electron chi connectivity index (χ1n) is 6.48. The largest absolute Gasteiger partial charge is 0.379 e. The normalized spacial score (nSPS) is 32.3. The van der Waals surface area contributed by atoms with E-state index in [9.17, 15) is 9.59 Å². The molecule has 2 aliphatic rings. The molecule has 102 valence electrons. The van der Waals surface area contributed by atoms with Crippen LogP contribution in [0.1, 0.15) is 25.7 Å². The zero-order chi connectivity index (χ0) is 13.2. The van der Waals surface area contributed by atoms with Crippen LogP contribution in [0, 0.1) is 0 Å². The Morgan fingerprint density at radius 2 is 2.22 bits per heavy atom. The van der Waals surface area contributed by atoms with Crippen LogP contribution < -0.4 is 11.1 Å². The van der Waals surface area contributed by atoms with Crippen LogP contribution in [0.5, 0.6) is 0 Å². The van der Waals surface area contributed by atoms with Crippen molar-refractivity contribution in [3.63, 3.8) is 0 Å². The molecule has 0 aromatic carbocycles. The lowest BCUT2D eigenvalue weighted by molar-refractivity contribution is -0.146. The number of hydrogen-bond acceptors (Lipinski definition) is 4. The summed E-state index contributed by atoms with van der Waals surface area (Å²) in [5.74, 6) is -0.251. The maximum atomic E-state index is 12.5. The Kier molecular flexibility index (Phi) is 3.87. The highest BCUT2D eigenvalue weighted by Gasteiger charge is 2.44. The van der Waals surface area contributed by atoms with Crippen molar-refractivity contribution in [2.75, 3.05) is 26.8 Å². The molecule has 2 unspecified atom stereocenters. The van der Waals surface area contributed by atoms with Gasteiger partial charge in [-0.15, -0.1) is 0 Å². The molecule has 2 heterocycles. The van der Waals surface area contributed by atoms with Crippen LogP contribution in [-0.4, -0.2) is 55.1 Å². The molecule has 2 saturated heterocycles. The average Bonchev–Trinajstić information content (AvgIpc) is 2.85. The number of ether oxygens (including phenoxy) is 1. The lowest BCUT2D eigenvalue weighted by Gasteiger charge is -2.38. The molecule has 2 aliphatic heterocycles. The number of nitrogens with two attached hydrogens (primary N) is 1. The van der Waals surface area contributed by atoms with E-state index in [2.05, 4.69) is 5.32 Å². The van der Waals surface area contributed by atoms with Gasteiger partial charge in [0.25, 0.3) is 0 Å². The highest BCUT2D eigenvalue weighted by atomic mass is 16.5. The van der Waals surface area contributed by atoms with Crippen LogP contribution in [0.3, 0.4) is 0 Å². The molecule has 0 spiro atoms. The molecule has 6 heteroatoms. The Labute approximate surface area is 107 Å². The molecule has 2 atom stereocenters. The number of hydrogen-bond donors (Lipinski definition) is 2. The summed E-state index contributed by atoms with van der Waals surface area (Å²) in [6, 6.07) is -0.378. The van der Waals surface area contributed by atoms with Crippen LogP contribution >= 0.6 is 0 Å². The summed E-state index contributed by atoms with van der Waals surface area (Å²) in [6.07, 6.45) is 3.14. The number of rotatable bonds is 2. The van der Waals surface area contributed by atoms with E-state index in [1.807, 2.05) is 0 Å². The van der Waals surface area contributed by atoms with Gasteiger partial charge in [-0.25, -0.2) is 0 Å². The molecule has 2 rings (SSSR count). The standard InChI is InChI=1S/C12H21N3O3/c1-14-10(16)9-4-2-3-6-15(9)11(17)12(13)5-7-18-8-12/h9H,2-8,13H2,1H3,(H,14,16). The van der Waals surface area contributed by atoms with Crippen molar-refractivity contribution in [2.45, 2.75) is 37.3 Å². The topological polar surface area (TPSA) is 84.7 Å². The second-order valence-corrected chi connectivity index (χ2v) is 5.08. The number of piperidine rings is 1. The molecule has 0 aromatic rings. The van der Waals surface area contributed by atoms with Gasteiger partial charge < -0.3 is 20.7 Å². The number of likely N-dealkylation sites (tertiary alicyclic amines) is 1. The predicted octanol–water partition coefficient (Wildman–Crippen LogP) is -0.769. The summed E-state index contributed by atoms with van der Waals surface area (Å²) in [7, 11) is 1.59. The van der Waals surface area contributed by atoms with E-state index in [-0.39, 0.29) is 24.5 Å². The Hall–Kier alpha value is -1.14. The summed E-state index contributed by atoms with van der Waals surface area (Å²) < 4.78 is 5.22. The lowest BCUT2D eigenvalue weighted by Crippen LogP contribution is -2.61. The molecule has 0 bridgehead atoms. The van der Waals surface area contributed by atoms with Crippen molar-refractivity contribution in [1.82, 2.24) is 10.2 Å². The summed E-state index contributed by atoms with van der Waals surface area (Å²) in [4.78, 5) is 26.0. The minimum Gasteiger partial charge on any atom is -0.379 e. The van der Waals surface area contributed by atoms with Crippen LogP contribution in [0.15, 0.2) is 0 Å². The number of carbonyl (C=O) groups excluding carboxylic acids is 2. The first-order chi connectivity index (χ1) is 8.58. The molecule has 6 nitrogen and oxygen atoms in total. The van der Waals surface area contributed by atoms with Gasteiger partial charge in [0.15, 0.2) is 0 Å².